The first-order chi connectivity index (χ1) is 18.4. The standard InChI is InChI=1S/C34H28N2O2/c1-22-12-13-24(3)32(18-22)36-34(37)27(20-35)19-30-28-10-6-4-9-26(28)16-17-33(30)38-21-31-23(2)14-15-25-8-5-7-11-29(25)31/h4-19H,21H2,1-3H3,(H,36,37)/b27-19+. The van der Waals surface area contributed by atoms with Crippen molar-refractivity contribution in [1.29, 1.82) is 5.26 Å². The Morgan fingerprint density at radius 1 is 0.842 bits per heavy atom. The number of fused-ring (bicyclic) bond motifs is 2. The van der Waals surface area contributed by atoms with Gasteiger partial charge < -0.3 is 10.1 Å². The summed E-state index contributed by atoms with van der Waals surface area (Å²) >= 11 is 0. The Bertz CT molecular complexity index is 1760. The van der Waals surface area contributed by atoms with Gasteiger partial charge in [0.05, 0.1) is 0 Å². The van der Waals surface area contributed by atoms with Crippen molar-refractivity contribution in [3.8, 4) is 11.8 Å². The molecule has 5 aromatic rings. The van der Waals surface area contributed by atoms with Crippen molar-refractivity contribution >= 4 is 39.2 Å². The van der Waals surface area contributed by atoms with E-state index in [0.29, 0.717) is 23.6 Å². The summed E-state index contributed by atoms with van der Waals surface area (Å²) < 4.78 is 6.41. The lowest BCUT2D eigenvalue weighted by atomic mass is 9.99. The molecule has 0 unspecified atom stereocenters. The molecule has 0 saturated carbocycles. The van der Waals surface area contributed by atoms with Gasteiger partial charge >= 0.3 is 0 Å². The lowest BCUT2D eigenvalue weighted by Gasteiger charge is -2.15. The zero-order valence-corrected chi connectivity index (χ0v) is 21.7. The first-order valence-electron chi connectivity index (χ1n) is 12.6. The molecule has 1 amide bonds. The number of rotatable bonds is 6. The van der Waals surface area contributed by atoms with E-state index in [0.717, 1.165) is 43.8 Å². The summed E-state index contributed by atoms with van der Waals surface area (Å²) in [5, 5.41) is 17.1. The first-order valence-corrected chi connectivity index (χ1v) is 12.6. The number of nitrogens with zero attached hydrogens (tertiary/aromatic N) is 1. The smallest absolute Gasteiger partial charge is 0.266 e. The maximum atomic E-state index is 13.2. The van der Waals surface area contributed by atoms with Gasteiger partial charge in [0.15, 0.2) is 0 Å². The molecule has 0 radical (unpaired) electrons. The third-order valence-electron chi connectivity index (χ3n) is 6.87. The number of benzene rings is 5. The highest BCUT2D eigenvalue weighted by Gasteiger charge is 2.15. The van der Waals surface area contributed by atoms with Gasteiger partial charge in [0, 0.05) is 16.8 Å². The monoisotopic (exact) mass is 496 g/mol. The third kappa shape index (κ3) is 5.00. The average molecular weight is 497 g/mol. The van der Waals surface area contributed by atoms with E-state index in [4.69, 9.17) is 4.74 Å². The number of hydrogen-bond acceptors (Lipinski definition) is 3. The number of aryl methyl sites for hydroxylation is 3. The van der Waals surface area contributed by atoms with E-state index in [1.54, 1.807) is 6.08 Å². The maximum absolute atomic E-state index is 13.2. The van der Waals surface area contributed by atoms with Crippen LogP contribution in [0, 0.1) is 32.1 Å². The second-order valence-electron chi connectivity index (χ2n) is 9.51. The highest BCUT2D eigenvalue weighted by atomic mass is 16.5. The van der Waals surface area contributed by atoms with E-state index < -0.39 is 5.91 Å². The Hall–Kier alpha value is -4.88. The molecule has 186 valence electrons. The van der Waals surface area contributed by atoms with Gasteiger partial charge in [-0.1, -0.05) is 78.9 Å². The van der Waals surface area contributed by atoms with Crippen molar-refractivity contribution in [3.05, 3.63) is 124 Å². The van der Waals surface area contributed by atoms with Gasteiger partial charge in [0.1, 0.15) is 24.0 Å². The largest absolute Gasteiger partial charge is 0.488 e. The van der Waals surface area contributed by atoms with Crippen LogP contribution < -0.4 is 10.1 Å². The number of hydrogen-bond donors (Lipinski definition) is 1. The molecule has 0 bridgehead atoms. The van der Waals surface area contributed by atoms with Crippen LogP contribution in [0.25, 0.3) is 27.6 Å². The molecule has 0 aliphatic rings. The summed E-state index contributed by atoms with van der Waals surface area (Å²) in [6.45, 7) is 6.34. The molecule has 38 heavy (non-hydrogen) atoms. The van der Waals surface area contributed by atoms with Crippen molar-refractivity contribution < 1.29 is 9.53 Å². The van der Waals surface area contributed by atoms with Crippen LogP contribution in [0.4, 0.5) is 5.69 Å². The van der Waals surface area contributed by atoms with Gasteiger partial charge in [-0.15, -0.1) is 0 Å². The Balaban J connectivity index is 1.54. The second-order valence-corrected chi connectivity index (χ2v) is 9.51. The number of carbonyl (C=O) groups is 1. The van der Waals surface area contributed by atoms with Gasteiger partial charge in [-0.25, -0.2) is 0 Å². The fraction of sp³-hybridized carbons (Fsp3) is 0.118. The zero-order valence-electron chi connectivity index (χ0n) is 21.7. The number of nitriles is 1. The van der Waals surface area contributed by atoms with E-state index in [2.05, 4.69) is 42.6 Å². The predicted molar refractivity (Wildman–Crippen MR) is 155 cm³/mol. The topological polar surface area (TPSA) is 62.1 Å². The van der Waals surface area contributed by atoms with Crippen LogP contribution in [-0.4, -0.2) is 5.91 Å². The van der Waals surface area contributed by atoms with Crippen molar-refractivity contribution in [3.63, 3.8) is 0 Å². The summed E-state index contributed by atoms with van der Waals surface area (Å²) in [6, 6.07) is 32.2. The van der Waals surface area contributed by atoms with Gasteiger partial charge in [-0.05, 0) is 77.2 Å². The highest BCUT2D eigenvalue weighted by Crippen LogP contribution is 2.32. The minimum Gasteiger partial charge on any atom is -0.488 e. The summed E-state index contributed by atoms with van der Waals surface area (Å²) in [5.41, 5.74) is 5.62. The van der Waals surface area contributed by atoms with Gasteiger partial charge in [0.2, 0.25) is 0 Å². The average Bonchev–Trinajstić information content (AvgIpc) is 2.93. The van der Waals surface area contributed by atoms with Gasteiger partial charge in [-0.3, -0.25) is 4.79 Å². The minimum absolute atomic E-state index is 0.00782. The Labute approximate surface area is 222 Å². The fourth-order valence-corrected chi connectivity index (χ4v) is 4.69. The van der Waals surface area contributed by atoms with Crippen LogP contribution in [0.2, 0.25) is 0 Å². The number of anilines is 1. The molecule has 0 atom stereocenters. The molecule has 0 saturated heterocycles. The van der Waals surface area contributed by atoms with Crippen molar-refractivity contribution in [2.24, 2.45) is 0 Å². The summed E-state index contributed by atoms with van der Waals surface area (Å²) in [6.07, 6.45) is 1.63. The summed E-state index contributed by atoms with van der Waals surface area (Å²) in [5.74, 6) is 0.160. The quantitative estimate of drug-likeness (QED) is 0.191. The van der Waals surface area contributed by atoms with Crippen LogP contribution in [0.1, 0.15) is 27.8 Å². The van der Waals surface area contributed by atoms with Crippen LogP contribution in [0.3, 0.4) is 0 Å². The number of amides is 1. The molecule has 4 heteroatoms. The second kappa shape index (κ2) is 10.6. The van der Waals surface area contributed by atoms with Gasteiger partial charge in [0.25, 0.3) is 5.91 Å². The molecule has 5 rings (SSSR count). The van der Waals surface area contributed by atoms with E-state index in [9.17, 15) is 10.1 Å². The molecule has 0 aromatic heterocycles. The summed E-state index contributed by atoms with van der Waals surface area (Å²) in [4.78, 5) is 13.2. The van der Waals surface area contributed by atoms with Gasteiger partial charge in [-0.2, -0.15) is 5.26 Å². The normalized spacial score (nSPS) is 11.4. The van der Waals surface area contributed by atoms with Crippen LogP contribution in [0.5, 0.6) is 5.75 Å². The SMILES string of the molecule is Cc1ccc(C)c(NC(=O)/C(C#N)=C/c2c(OCc3c(C)ccc4ccccc34)ccc3ccccc23)c1. The van der Waals surface area contributed by atoms with E-state index in [-0.39, 0.29) is 5.57 Å². The molecule has 0 aliphatic heterocycles. The highest BCUT2D eigenvalue weighted by molar-refractivity contribution is 6.11. The zero-order chi connectivity index (χ0) is 26.6. The van der Waals surface area contributed by atoms with Crippen molar-refractivity contribution in [2.75, 3.05) is 5.32 Å². The fourth-order valence-electron chi connectivity index (χ4n) is 4.69. The molecule has 5 aromatic carbocycles. The Morgan fingerprint density at radius 3 is 2.26 bits per heavy atom. The first kappa shape index (κ1) is 24.8. The van der Waals surface area contributed by atoms with Crippen LogP contribution in [-0.2, 0) is 11.4 Å². The minimum atomic E-state index is -0.454. The third-order valence-corrected chi connectivity index (χ3v) is 6.87. The number of carbonyl (C=O) groups excluding carboxylic acids is 1. The lowest BCUT2D eigenvalue weighted by molar-refractivity contribution is -0.112. The Kier molecular flexibility index (Phi) is 6.93. The maximum Gasteiger partial charge on any atom is 0.266 e. The van der Waals surface area contributed by atoms with Crippen LogP contribution in [0.15, 0.2) is 96.6 Å². The molecule has 0 fully saturated rings. The molecule has 4 nitrogen and oxygen atoms in total. The number of nitrogens with one attached hydrogen (secondary N) is 1. The van der Waals surface area contributed by atoms with Crippen LogP contribution >= 0.6 is 0 Å². The number of ether oxygens (including phenoxy) is 1. The molecular weight excluding hydrogens is 468 g/mol. The predicted octanol–water partition coefficient (Wildman–Crippen LogP) is 8.04. The van der Waals surface area contributed by atoms with Crippen molar-refractivity contribution in [2.45, 2.75) is 27.4 Å². The summed E-state index contributed by atoms with van der Waals surface area (Å²) in [7, 11) is 0. The molecular formula is C34H28N2O2. The lowest BCUT2D eigenvalue weighted by Crippen LogP contribution is -2.14. The molecule has 0 heterocycles. The van der Waals surface area contributed by atoms with E-state index in [1.165, 1.54) is 0 Å². The molecule has 0 aliphatic carbocycles. The van der Waals surface area contributed by atoms with E-state index in [1.807, 2.05) is 80.6 Å². The van der Waals surface area contributed by atoms with E-state index >= 15 is 0 Å². The Morgan fingerprint density at radius 2 is 1.50 bits per heavy atom. The van der Waals surface area contributed by atoms with Crippen molar-refractivity contribution in [1.82, 2.24) is 0 Å². The molecule has 0 spiro atoms. The molecule has 1 N–H and O–H groups in total.